The summed E-state index contributed by atoms with van der Waals surface area (Å²) < 4.78 is 0. The molecule has 0 heterocycles. The van der Waals surface area contributed by atoms with Crippen LogP contribution in [0.15, 0.2) is 0 Å². The summed E-state index contributed by atoms with van der Waals surface area (Å²) in [6.45, 7) is 8.80. The summed E-state index contributed by atoms with van der Waals surface area (Å²) in [6.07, 6.45) is 19.1. The standard InChI is InChI=1S/C23H45O2/c1-5-8-10-12-14-16-19-23(4,21(18-7-3)22(24)25)20-17-15-13-11-9-6-2/h21H,5-20H2,1-4H3. The molecule has 2 heteroatoms. The molecule has 0 aliphatic rings. The molecule has 149 valence electrons. The van der Waals surface area contributed by atoms with Crippen LogP contribution >= 0.6 is 0 Å². The molecule has 0 fully saturated rings. The highest BCUT2D eigenvalue weighted by atomic mass is 16.4. The molecular formula is C23H45O2. The number of unbranched alkanes of at least 4 members (excludes halogenated alkanes) is 10. The van der Waals surface area contributed by atoms with E-state index in [1.807, 2.05) is 0 Å². The molecule has 0 aromatic carbocycles. The van der Waals surface area contributed by atoms with E-state index in [0.717, 1.165) is 25.7 Å². The molecule has 0 aliphatic heterocycles. The van der Waals surface area contributed by atoms with Crippen LogP contribution in [0.3, 0.4) is 0 Å². The summed E-state index contributed by atoms with van der Waals surface area (Å²) in [5.74, 6) is -1.09. The van der Waals surface area contributed by atoms with Crippen molar-refractivity contribution in [3.05, 3.63) is 0 Å². The fourth-order valence-electron chi connectivity index (χ4n) is 4.13. The zero-order valence-electron chi connectivity index (χ0n) is 17.7. The SMILES string of the molecule is CCCCCCCCC(C)(CCCCCCCC)C(CCC)C([O])=O. The zero-order valence-corrected chi connectivity index (χ0v) is 17.7. The van der Waals surface area contributed by atoms with Gasteiger partial charge < -0.3 is 0 Å². The summed E-state index contributed by atoms with van der Waals surface area (Å²) in [5, 5.41) is 11.8. The fourth-order valence-corrected chi connectivity index (χ4v) is 4.13. The lowest BCUT2D eigenvalue weighted by Gasteiger charge is -2.35. The maximum absolute atomic E-state index is 11.8. The molecular weight excluding hydrogens is 308 g/mol. The zero-order chi connectivity index (χ0) is 19.0. The summed E-state index contributed by atoms with van der Waals surface area (Å²) in [5.41, 5.74) is -0.0790. The molecule has 0 saturated heterocycles. The first-order valence-corrected chi connectivity index (χ1v) is 11.2. The molecule has 1 atom stereocenters. The molecule has 1 unspecified atom stereocenters. The van der Waals surface area contributed by atoms with E-state index < -0.39 is 5.97 Å². The van der Waals surface area contributed by atoms with Gasteiger partial charge in [0.2, 0.25) is 0 Å². The van der Waals surface area contributed by atoms with Gasteiger partial charge in [0.15, 0.2) is 0 Å². The molecule has 0 aromatic rings. The van der Waals surface area contributed by atoms with Gasteiger partial charge in [-0.15, -0.1) is 0 Å². The molecule has 0 rings (SSSR count). The topological polar surface area (TPSA) is 37.0 Å². The normalized spacial score (nSPS) is 13.1. The molecule has 2 nitrogen and oxygen atoms in total. The third-order valence-electron chi connectivity index (χ3n) is 5.91. The van der Waals surface area contributed by atoms with Crippen LogP contribution in [0.2, 0.25) is 0 Å². The largest absolute Gasteiger partial charge is 0.359 e. The Bertz CT molecular complexity index is 295. The predicted molar refractivity (Wildman–Crippen MR) is 108 cm³/mol. The van der Waals surface area contributed by atoms with Gasteiger partial charge >= 0.3 is 5.97 Å². The highest BCUT2D eigenvalue weighted by molar-refractivity contribution is 5.70. The Balaban J connectivity index is 4.49. The minimum absolute atomic E-state index is 0.0790. The van der Waals surface area contributed by atoms with E-state index in [9.17, 15) is 9.90 Å². The second kappa shape index (κ2) is 15.7. The van der Waals surface area contributed by atoms with Crippen LogP contribution in [-0.4, -0.2) is 5.97 Å². The molecule has 1 radical (unpaired) electrons. The number of carbonyl (C=O) groups is 1. The van der Waals surface area contributed by atoms with Crippen molar-refractivity contribution in [2.45, 2.75) is 130 Å². The first-order chi connectivity index (χ1) is 12.0. The summed E-state index contributed by atoms with van der Waals surface area (Å²) in [7, 11) is 0. The van der Waals surface area contributed by atoms with E-state index in [4.69, 9.17) is 0 Å². The lowest BCUT2D eigenvalue weighted by atomic mass is 9.68. The summed E-state index contributed by atoms with van der Waals surface area (Å²) in [6, 6.07) is 0. The Morgan fingerprint density at radius 3 is 1.44 bits per heavy atom. The lowest BCUT2D eigenvalue weighted by Crippen LogP contribution is -2.33. The Morgan fingerprint density at radius 2 is 1.08 bits per heavy atom. The average molecular weight is 354 g/mol. The fraction of sp³-hybridized carbons (Fsp3) is 0.957. The van der Waals surface area contributed by atoms with Gasteiger partial charge in [-0.1, -0.05) is 111 Å². The van der Waals surface area contributed by atoms with Gasteiger partial charge in [0.1, 0.15) is 0 Å². The van der Waals surface area contributed by atoms with Crippen LogP contribution in [0.4, 0.5) is 0 Å². The van der Waals surface area contributed by atoms with E-state index >= 15 is 0 Å². The Hall–Kier alpha value is -0.530. The number of hydrogen-bond acceptors (Lipinski definition) is 1. The second-order valence-corrected chi connectivity index (χ2v) is 8.35. The van der Waals surface area contributed by atoms with E-state index in [2.05, 4.69) is 27.7 Å². The van der Waals surface area contributed by atoms with E-state index in [-0.39, 0.29) is 11.3 Å². The molecule has 0 spiro atoms. The van der Waals surface area contributed by atoms with Crippen molar-refractivity contribution >= 4 is 5.97 Å². The van der Waals surface area contributed by atoms with Crippen molar-refractivity contribution in [3.63, 3.8) is 0 Å². The van der Waals surface area contributed by atoms with Crippen molar-refractivity contribution in [1.29, 1.82) is 0 Å². The van der Waals surface area contributed by atoms with E-state index in [0.29, 0.717) is 0 Å². The van der Waals surface area contributed by atoms with Crippen molar-refractivity contribution in [1.82, 2.24) is 0 Å². The van der Waals surface area contributed by atoms with Crippen LogP contribution < -0.4 is 0 Å². The monoisotopic (exact) mass is 353 g/mol. The van der Waals surface area contributed by atoms with Gasteiger partial charge in [-0.05, 0) is 24.7 Å². The van der Waals surface area contributed by atoms with Gasteiger partial charge in [-0.25, -0.2) is 9.90 Å². The van der Waals surface area contributed by atoms with Gasteiger partial charge in [0.25, 0.3) is 0 Å². The van der Waals surface area contributed by atoms with E-state index in [1.165, 1.54) is 77.0 Å². The Labute approximate surface area is 158 Å². The molecule has 0 N–H and O–H groups in total. The van der Waals surface area contributed by atoms with Gasteiger partial charge in [-0.3, -0.25) is 0 Å². The van der Waals surface area contributed by atoms with E-state index in [1.54, 1.807) is 0 Å². The Kier molecular flexibility index (Phi) is 15.4. The van der Waals surface area contributed by atoms with Crippen LogP contribution in [-0.2, 0) is 9.90 Å². The molecule has 0 aliphatic carbocycles. The van der Waals surface area contributed by atoms with Crippen molar-refractivity contribution in [2.75, 3.05) is 0 Å². The minimum Gasteiger partial charge on any atom is -0.247 e. The lowest BCUT2D eigenvalue weighted by molar-refractivity contribution is -0.154. The highest BCUT2D eigenvalue weighted by Crippen LogP contribution is 2.41. The molecule has 0 bridgehead atoms. The molecule has 0 aromatic heterocycles. The summed E-state index contributed by atoms with van der Waals surface area (Å²) in [4.78, 5) is 11.8. The second-order valence-electron chi connectivity index (χ2n) is 8.35. The maximum Gasteiger partial charge on any atom is 0.359 e. The molecule has 0 saturated carbocycles. The van der Waals surface area contributed by atoms with Crippen LogP contribution in [0, 0.1) is 11.3 Å². The first kappa shape index (κ1) is 24.5. The maximum atomic E-state index is 11.8. The van der Waals surface area contributed by atoms with Gasteiger partial charge in [0.05, 0.1) is 5.92 Å². The van der Waals surface area contributed by atoms with Crippen molar-refractivity contribution in [2.24, 2.45) is 11.3 Å². The molecule has 25 heavy (non-hydrogen) atoms. The summed E-state index contributed by atoms with van der Waals surface area (Å²) >= 11 is 0. The van der Waals surface area contributed by atoms with Crippen LogP contribution in [0.25, 0.3) is 0 Å². The van der Waals surface area contributed by atoms with Crippen molar-refractivity contribution < 1.29 is 9.90 Å². The molecule has 0 amide bonds. The Morgan fingerprint density at radius 1 is 0.680 bits per heavy atom. The van der Waals surface area contributed by atoms with Crippen molar-refractivity contribution in [3.8, 4) is 0 Å². The quantitative estimate of drug-likeness (QED) is 0.231. The number of rotatable bonds is 18. The smallest absolute Gasteiger partial charge is 0.247 e. The van der Waals surface area contributed by atoms with Gasteiger partial charge in [-0.2, -0.15) is 0 Å². The van der Waals surface area contributed by atoms with Crippen LogP contribution in [0.5, 0.6) is 0 Å². The third-order valence-corrected chi connectivity index (χ3v) is 5.91. The third kappa shape index (κ3) is 11.7. The van der Waals surface area contributed by atoms with Crippen LogP contribution in [0.1, 0.15) is 130 Å². The minimum atomic E-state index is -0.818. The predicted octanol–water partition coefficient (Wildman–Crippen LogP) is 7.87. The average Bonchev–Trinajstić information content (AvgIpc) is 2.58. The highest BCUT2D eigenvalue weighted by Gasteiger charge is 2.38. The number of carbonyl (C=O) groups excluding carboxylic acids is 1. The number of hydrogen-bond donors (Lipinski definition) is 0. The van der Waals surface area contributed by atoms with Gasteiger partial charge in [0, 0.05) is 0 Å². The first-order valence-electron chi connectivity index (χ1n) is 11.2.